The molecule has 1 aromatic heterocycles. The number of hydrogen-bond acceptors (Lipinski definition) is 6. The summed E-state index contributed by atoms with van der Waals surface area (Å²) < 4.78 is 40.8. The second kappa shape index (κ2) is 11.7. The quantitative estimate of drug-likeness (QED) is 0.101. The van der Waals surface area contributed by atoms with E-state index in [2.05, 4.69) is 9.89 Å². The number of carbonyl (C=O) groups excluding carboxylic acids is 1. The maximum absolute atomic E-state index is 15.7. The van der Waals surface area contributed by atoms with Crippen molar-refractivity contribution in [1.29, 1.82) is 0 Å². The van der Waals surface area contributed by atoms with Gasteiger partial charge in [0.25, 0.3) is 0 Å². The third kappa shape index (κ3) is 6.04. The highest BCUT2D eigenvalue weighted by Crippen LogP contribution is 2.35. The molecule has 0 bridgehead atoms. The van der Waals surface area contributed by atoms with Crippen LogP contribution in [0.5, 0.6) is 5.75 Å². The Morgan fingerprint density at radius 2 is 1.67 bits per heavy atom. The van der Waals surface area contributed by atoms with Crippen LogP contribution < -0.4 is 10.3 Å². The van der Waals surface area contributed by atoms with Crippen LogP contribution in [0, 0.1) is 18.6 Å². The summed E-state index contributed by atoms with van der Waals surface area (Å²) in [6.45, 7) is 1.91. The van der Waals surface area contributed by atoms with Crippen LogP contribution in [0.25, 0.3) is 11.1 Å². The summed E-state index contributed by atoms with van der Waals surface area (Å²) in [5.41, 5.74) is 3.51. The maximum atomic E-state index is 15.7. The molecule has 3 aromatic carbocycles. The average Bonchev–Trinajstić information content (AvgIpc) is 2.93. The lowest BCUT2D eigenvalue weighted by atomic mass is 9.83. The summed E-state index contributed by atoms with van der Waals surface area (Å²) in [4.78, 5) is 23.1. The SMILES string of the molecule is COC(=O)Oc1ccc(-c2ccc(C(C/C(=N\O)c3ccc(=O)n(C)c3)c3ccccc3C)c(F)c2)cc1F. The van der Waals surface area contributed by atoms with Gasteiger partial charge in [-0.25, -0.2) is 13.6 Å². The van der Waals surface area contributed by atoms with Crippen LogP contribution in [0.3, 0.4) is 0 Å². The van der Waals surface area contributed by atoms with Crippen molar-refractivity contribution < 1.29 is 28.3 Å². The fraction of sp³-hybridized carbons (Fsp3) is 0.167. The van der Waals surface area contributed by atoms with Gasteiger partial charge in [0.1, 0.15) is 5.82 Å². The Morgan fingerprint density at radius 3 is 2.28 bits per heavy atom. The largest absolute Gasteiger partial charge is 0.513 e. The van der Waals surface area contributed by atoms with Gasteiger partial charge < -0.3 is 19.2 Å². The molecular weight excluding hydrogens is 506 g/mol. The highest BCUT2D eigenvalue weighted by atomic mass is 19.1. The van der Waals surface area contributed by atoms with Crippen molar-refractivity contribution in [2.75, 3.05) is 7.11 Å². The molecule has 1 N–H and O–H groups in total. The van der Waals surface area contributed by atoms with E-state index in [-0.39, 0.29) is 23.4 Å². The van der Waals surface area contributed by atoms with Crippen molar-refractivity contribution in [2.45, 2.75) is 19.3 Å². The zero-order valence-corrected chi connectivity index (χ0v) is 21.5. The Labute approximate surface area is 223 Å². The molecule has 0 aliphatic carbocycles. The molecule has 1 unspecified atom stereocenters. The third-order valence-corrected chi connectivity index (χ3v) is 6.50. The van der Waals surface area contributed by atoms with Gasteiger partial charge in [0.15, 0.2) is 11.6 Å². The summed E-state index contributed by atoms with van der Waals surface area (Å²) in [7, 11) is 2.70. The Morgan fingerprint density at radius 1 is 0.974 bits per heavy atom. The molecule has 7 nitrogen and oxygen atoms in total. The number of methoxy groups -OCH3 is 1. The molecule has 0 aliphatic rings. The first-order chi connectivity index (χ1) is 18.7. The van der Waals surface area contributed by atoms with Gasteiger partial charge in [-0.2, -0.15) is 0 Å². The fourth-order valence-corrected chi connectivity index (χ4v) is 4.42. The number of nitrogens with zero attached hydrogens (tertiary/aromatic N) is 2. The van der Waals surface area contributed by atoms with Crippen molar-refractivity contribution in [3.8, 4) is 16.9 Å². The van der Waals surface area contributed by atoms with Gasteiger partial charge in [0.2, 0.25) is 5.56 Å². The minimum Gasteiger partial charge on any atom is -0.437 e. The second-order valence-electron chi connectivity index (χ2n) is 8.96. The van der Waals surface area contributed by atoms with E-state index >= 15 is 4.39 Å². The predicted octanol–water partition coefficient (Wildman–Crippen LogP) is 6.18. The highest BCUT2D eigenvalue weighted by Gasteiger charge is 2.24. The van der Waals surface area contributed by atoms with Crippen LogP contribution in [0.15, 0.2) is 88.9 Å². The van der Waals surface area contributed by atoms with Crippen molar-refractivity contribution in [3.05, 3.63) is 123 Å². The minimum atomic E-state index is -1.05. The maximum Gasteiger partial charge on any atom is 0.513 e. The van der Waals surface area contributed by atoms with E-state index in [9.17, 15) is 19.2 Å². The zero-order chi connectivity index (χ0) is 28.1. The normalized spacial score (nSPS) is 12.2. The number of carbonyl (C=O) groups is 1. The average molecular weight is 533 g/mol. The summed E-state index contributed by atoms with van der Waals surface area (Å²) in [6.07, 6.45) is 0.653. The Balaban J connectivity index is 1.73. The van der Waals surface area contributed by atoms with Crippen LogP contribution in [-0.4, -0.2) is 28.8 Å². The molecule has 4 rings (SSSR count). The van der Waals surface area contributed by atoms with E-state index in [1.54, 1.807) is 31.4 Å². The number of rotatable bonds is 7. The van der Waals surface area contributed by atoms with E-state index in [1.807, 2.05) is 31.2 Å². The van der Waals surface area contributed by atoms with Gasteiger partial charge in [0, 0.05) is 37.2 Å². The molecule has 0 radical (unpaired) electrons. The van der Waals surface area contributed by atoms with Crippen molar-refractivity contribution in [2.24, 2.45) is 12.2 Å². The molecule has 1 atom stereocenters. The summed E-state index contributed by atoms with van der Waals surface area (Å²) >= 11 is 0. The van der Waals surface area contributed by atoms with E-state index in [0.29, 0.717) is 22.3 Å². The molecule has 1 heterocycles. The number of oxime groups is 1. The van der Waals surface area contributed by atoms with Crippen molar-refractivity contribution >= 4 is 11.9 Å². The van der Waals surface area contributed by atoms with Crippen molar-refractivity contribution in [3.63, 3.8) is 0 Å². The predicted molar refractivity (Wildman–Crippen MR) is 142 cm³/mol. The molecule has 9 heteroatoms. The molecule has 0 saturated carbocycles. The molecule has 0 amide bonds. The number of benzene rings is 3. The zero-order valence-electron chi connectivity index (χ0n) is 21.5. The van der Waals surface area contributed by atoms with Crippen LogP contribution in [-0.2, 0) is 11.8 Å². The van der Waals surface area contributed by atoms with Gasteiger partial charge in [-0.3, -0.25) is 4.79 Å². The summed E-state index contributed by atoms with van der Waals surface area (Å²) in [5, 5.41) is 13.3. The van der Waals surface area contributed by atoms with Crippen LogP contribution in [0.4, 0.5) is 13.6 Å². The van der Waals surface area contributed by atoms with Crippen LogP contribution in [0.1, 0.15) is 34.6 Å². The van der Waals surface area contributed by atoms with Gasteiger partial charge in [-0.05, 0) is 59.0 Å². The number of ether oxygens (including phenoxy) is 2. The summed E-state index contributed by atoms with van der Waals surface area (Å²) in [5.74, 6) is -2.18. The second-order valence-corrected chi connectivity index (χ2v) is 8.96. The first-order valence-electron chi connectivity index (χ1n) is 12.0. The number of aromatic nitrogens is 1. The monoisotopic (exact) mass is 532 g/mol. The first-order valence-corrected chi connectivity index (χ1v) is 12.0. The molecular formula is C30H26F2N2O5. The van der Waals surface area contributed by atoms with Gasteiger partial charge in [0.05, 0.1) is 12.8 Å². The van der Waals surface area contributed by atoms with E-state index in [1.165, 1.54) is 28.8 Å². The number of halogens is 2. The van der Waals surface area contributed by atoms with E-state index in [4.69, 9.17) is 4.74 Å². The molecule has 0 aliphatic heterocycles. The fourth-order valence-electron chi connectivity index (χ4n) is 4.42. The van der Waals surface area contributed by atoms with Crippen molar-refractivity contribution in [1.82, 2.24) is 4.57 Å². The molecule has 0 fully saturated rings. The van der Waals surface area contributed by atoms with Gasteiger partial charge in [-0.15, -0.1) is 0 Å². The minimum absolute atomic E-state index is 0.143. The topological polar surface area (TPSA) is 90.1 Å². The molecule has 0 spiro atoms. The Bertz CT molecular complexity index is 1610. The molecule has 39 heavy (non-hydrogen) atoms. The number of hydrogen-bond donors (Lipinski definition) is 1. The van der Waals surface area contributed by atoms with Crippen LogP contribution >= 0.6 is 0 Å². The standard InChI is InChI=1S/C30H26F2N2O5/c1-18-6-4-5-7-22(18)24(16-27(33-37)21-10-13-29(35)34(2)17-21)23-11-8-19(14-25(23)31)20-9-12-28(26(32)15-20)39-30(36)38-3/h4-15,17,24,37H,16H2,1-3H3/b33-27+. The number of aryl methyl sites for hydroxylation is 2. The summed E-state index contributed by atoms with van der Waals surface area (Å²) in [6, 6.07) is 19.0. The first kappa shape index (κ1) is 27.3. The lowest BCUT2D eigenvalue weighted by molar-refractivity contribution is 0.119. The van der Waals surface area contributed by atoms with Gasteiger partial charge in [-0.1, -0.05) is 47.6 Å². The van der Waals surface area contributed by atoms with Crippen LogP contribution in [0.2, 0.25) is 0 Å². The van der Waals surface area contributed by atoms with E-state index in [0.717, 1.165) is 24.3 Å². The molecule has 200 valence electrons. The number of pyridine rings is 1. The smallest absolute Gasteiger partial charge is 0.437 e. The lowest BCUT2D eigenvalue weighted by Crippen LogP contribution is -2.18. The lowest BCUT2D eigenvalue weighted by Gasteiger charge is -2.22. The van der Waals surface area contributed by atoms with Gasteiger partial charge >= 0.3 is 6.16 Å². The highest BCUT2D eigenvalue weighted by molar-refractivity contribution is 6.00. The molecule has 4 aromatic rings. The Hall–Kier alpha value is -4.79. The molecule has 0 saturated heterocycles. The van der Waals surface area contributed by atoms with E-state index < -0.39 is 23.7 Å². The third-order valence-electron chi connectivity index (χ3n) is 6.50. The Kier molecular flexibility index (Phi) is 8.19.